The van der Waals surface area contributed by atoms with Crippen molar-refractivity contribution in [3.05, 3.63) is 36.5 Å². The summed E-state index contributed by atoms with van der Waals surface area (Å²) in [6.07, 6.45) is 6.98. The van der Waals surface area contributed by atoms with E-state index in [9.17, 15) is 4.79 Å². The molecule has 7 heteroatoms. The fourth-order valence-electron chi connectivity index (χ4n) is 2.24. The van der Waals surface area contributed by atoms with Crippen LogP contribution < -0.4 is 10.6 Å². The van der Waals surface area contributed by atoms with E-state index < -0.39 is 0 Å². The monoisotopic (exact) mass is 272 g/mol. The Hall–Kier alpha value is -2.28. The molecule has 0 bridgehead atoms. The molecule has 0 aromatic carbocycles. The number of amides is 1. The molecule has 0 unspecified atom stereocenters. The van der Waals surface area contributed by atoms with Crippen molar-refractivity contribution in [1.29, 1.82) is 0 Å². The molecular weight excluding hydrogens is 256 g/mol. The maximum absolute atomic E-state index is 12.0. The largest absolute Gasteiger partial charge is 0.350 e. The van der Waals surface area contributed by atoms with Crippen LogP contribution in [0.4, 0.5) is 0 Å². The Morgan fingerprint density at radius 1 is 1.40 bits per heavy atom. The average Bonchev–Trinajstić information content (AvgIpc) is 3.18. The summed E-state index contributed by atoms with van der Waals surface area (Å²) in [7, 11) is 0. The van der Waals surface area contributed by atoms with Gasteiger partial charge in [0.05, 0.1) is 5.56 Å². The van der Waals surface area contributed by atoms with E-state index in [4.69, 9.17) is 0 Å². The second-order valence-electron chi connectivity index (χ2n) is 4.78. The summed E-state index contributed by atoms with van der Waals surface area (Å²) in [4.78, 5) is 16.2. The minimum Gasteiger partial charge on any atom is -0.350 e. The van der Waals surface area contributed by atoms with E-state index >= 15 is 0 Å². The Bertz CT molecular complexity index is 559. The van der Waals surface area contributed by atoms with Crippen LogP contribution >= 0.6 is 0 Å². The van der Waals surface area contributed by atoms with E-state index in [2.05, 4.69) is 25.8 Å². The maximum Gasteiger partial charge on any atom is 0.252 e. The molecule has 1 amide bonds. The van der Waals surface area contributed by atoms with E-state index in [1.807, 2.05) is 0 Å². The summed E-state index contributed by atoms with van der Waals surface area (Å²) >= 11 is 0. The third-order valence-corrected chi connectivity index (χ3v) is 3.36. The number of hydrogen-bond donors (Lipinski definition) is 2. The summed E-state index contributed by atoms with van der Waals surface area (Å²) in [6.45, 7) is 1.70. The normalized spacial score (nSPS) is 18.1. The first-order valence-corrected chi connectivity index (χ1v) is 6.65. The van der Waals surface area contributed by atoms with E-state index in [0.717, 1.165) is 13.0 Å². The highest BCUT2D eigenvalue weighted by atomic mass is 16.1. The van der Waals surface area contributed by atoms with Gasteiger partial charge in [-0.2, -0.15) is 0 Å². The Kier molecular flexibility index (Phi) is 3.69. The van der Waals surface area contributed by atoms with Crippen molar-refractivity contribution in [1.82, 2.24) is 30.4 Å². The summed E-state index contributed by atoms with van der Waals surface area (Å²) < 4.78 is 1.68. The Labute approximate surface area is 116 Å². The van der Waals surface area contributed by atoms with Gasteiger partial charge in [0, 0.05) is 18.8 Å². The molecule has 0 radical (unpaired) electrons. The minimum absolute atomic E-state index is 0.0958. The van der Waals surface area contributed by atoms with Crippen molar-refractivity contribution >= 4 is 5.91 Å². The van der Waals surface area contributed by atoms with Crippen LogP contribution in [0.5, 0.6) is 0 Å². The first kappa shape index (κ1) is 12.7. The van der Waals surface area contributed by atoms with Crippen molar-refractivity contribution in [2.45, 2.75) is 18.9 Å². The van der Waals surface area contributed by atoms with Gasteiger partial charge >= 0.3 is 0 Å². The highest BCUT2D eigenvalue weighted by molar-refractivity contribution is 5.93. The van der Waals surface area contributed by atoms with Crippen LogP contribution in [-0.2, 0) is 0 Å². The number of aromatic nitrogens is 4. The first-order valence-electron chi connectivity index (χ1n) is 6.65. The fourth-order valence-corrected chi connectivity index (χ4v) is 2.24. The number of nitrogens with zero attached hydrogens (tertiary/aromatic N) is 4. The van der Waals surface area contributed by atoms with Crippen LogP contribution in [0.3, 0.4) is 0 Å². The van der Waals surface area contributed by atoms with Crippen molar-refractivity contribution < 1.29 is 4.79 Å². The quantitative estimate of drug-likeness (QED) is 0.827. The molecule has 3 rings (SSSR count). The molecule has 1 aliphatic rings. The predicted octanol–water partition coefficient (Wildman–Crippen LogP) is 0.144. The Balaban J connectivity index is 1.60. The Morgan fingerprint density at radius 3 is 2.90 bits per heavy atom. The zero-order valence-corrected chi connectivity index (χ0v) is 11.0. The number of carbonyl (C=O) groups is 1. The molecule has 0 spiro atoms. The van der Waals surface area contributed by atoms with Gasteiger partial charge in [0.15, 0.2) is 0 Å². The molecule has 1 atom stereocenters. The second kappa shape index (κ2) is 5.79. The van der Waals surface area contributed by atoms with Crippen LogP contribution in [0.15, 0.2) is 31.0 Å². The second-order valence-corrected chi connectivity index (χ2v) is 4.78. The summed E-state index contributed by atoms with van der Waals surface area (Å²) in [6, 6.07) is 3.91. The average molecular weight is 272 g/mol. The minimum atomic E-state index is -0.0958. The molecule has 20 heavy (non-hydrogen) atoms. The number of rotatable bonds is 4. The lowest BCUT2D eigenvalue weighted by molar-refractivity contribution is 0.0950. The topological polar surface area (TPSA) is 84.7 Å². The number of carbonyl (C=O) groups excluding carboxylic acids is 1. The molecule has 0 saturated carbocycles. The number of hydrogen-bond acceptors (Lipinski definition) is 5. The van der Waals surface area contributed by atoms with Crippen LogP contribution in [0.25, 0.3) is 5.82 Å². The molecule has 1 saturated heterocycles. The van der Waals surface area contributed by atoms with Gasteiger partial charge in [-0.15, -0.1) is 10.2 Å². The van der Waals surface area contributed by atoms with E-state index in [-0.39, 0.29) is 5.91 Å². The molecule has 104 valence electrons. The van der Waals surface area contributed by atoms with Gasteiger partial charge in [-0.3, -0.25) is 9.36 Å². The molecule has 2 aromatic rings. The lowest BCUT2D eigenvalue weighted by Crippen LogP contribution is -2.37. The lowest BCUT2D eigenvalue weighted by atomic mass is 10.2. The smallest absolute Gasteiger partial charge is 0.252 e. The van der Waals surface area contributed by atoms with Gasteiger partial charge < -0.3 is 10.6 Å². The van der Waals surface area contributed by atoms with E-state index in [1.54, 1.807) is 35.6 Å². The van der Waals surface area contributed by atoms with Crippen LogP contribution in [0.1, 0.15) is 23.2 Å². The van der Waals surface area contributed by atoms with Gasteiger partial charge in [-0.05, 0) is 31.5 Å². The van der Waals surface area contributed by atoms with Crippen molar-refractivity contribution in [2.24, 2.45) is 0 Å². The van der Waals surface area contributed by atoms with Gasteiger partial charge in [-0.1, -0.05) is 0 Å². The zero-order valence-electron chi connectivity index (χ0n) is 11.0. The molecule has 7 nitrogen and oxygen atoms in total. The van der Waals surface area contributed by atoms with E-state index in [0.29, 0.717) is 24.0 Å². The highest BCUT2D eigenvalue weighted by Gasteiger charge is 2.15. The number of nitrogens with one attached hydrogen (secondary N) is 2. The third kappa shape index (κ3) is 2.83. The zero-order chi connectivity index (χ0) is 13.8. The van der Waals surface area contributed by atoms with Gasteiger partial charge in [0.25, 0.3) is 5.91 Å². The standard InChI is InChI=1S/C13H16N6O/c20-13(16-7-11-2-1-5-14-11)10-3-4-12(15-6-10)19-8-17-18-9-19/h3-4,6,8-9,11,14H,1-2,5,7H2,(H,16,20)/t11-/m1/s1. The van der Waals surface area contributed by atoms with Crippen LogP contribution in [0, 0.1) is 0 Å². The molecular formula is C13H16N6O. The molecule has 3 heterocycles. The first-order chi connectivity index (χ1) is 9.83. The summed E-state index contributed by atoms with van der Waals surface area (Å²) in [5.41, 5.74) is 0.555. The van der Waals surface area contributed by atoms with Crippen molar-refractivity contribution in [2.75, 3.05) is 13.1 Å². The van der Waals surface area contributed by atoms with E-state index in [1.165, 1.54) is 6.42 Å². The Morgan fingerprint density at radius 2 is 2.25 bits per heavy atom. The van der Waals surface area contributed by atoms with Crippen LogP contribution in [-0.4, -0.2) is 44.8 Å². The van der Waals surface area contributed by atoms with Gasteiger partial charge in [0.2, 0.25) is 0 Å². The fraction of sp³-hybridized carbons (Fsp3) is 0.385. The molecule has 2 N–H and O–H groups in total. The lowest BCUT2D eigenvalue weighted by Gasteiger charge is -2.11. The SMILES string of the molecule is O=C(NC[C@H]1CCCN1)c1ccc(-n2cnnc2)nc1. The maximum atomic E-state index is 12.0. The van der Waals surface area contributed by atoms with Gasteiger partial charge in [-0.25, -0.2) is 4.98 Å². The summed E-state index contributed by atoms with van der Waals surface area (Å²) in [5.74, 6) is 0.588. The molecule has 1 fully saturated rings. The molecule has 1 aliphatic heterocycles. The molecule has 0 aliphatic carbocycles. The molecule has 2 aromatic heterocycles. The van der Waals surface area contributed by atoms with Crippen molar-refractivity contribution in [3.8, 4) is 5.82 Å². The number of pyridine rings is 1. The predicted molar refractivity (Wildman–Crippen MR) is 72.5 cm³/mol. The van der Waals surface area contributed by atoms with Gasteiger partial charge in [0.1, 0.15) is 18.5 Å². The summed E-state index contributed by atoms with van der Waals surface area (Å²) in [5, 5.41) is 13.7. The van der Waals surface area contributed by atoms with Crippen molar-refractivity contribution in [3.63, 3.8) is 0 Å². The third-order valence-electron chi connectivity index (χ3n) is 3.36. The highest BCUT2D eigenvalue weighted by Crippen LogP contribution is 2.06. The van der Waals surface area contributed by atoms with Crippen LogP contribution in [0.2, 0.25) is 0 Å².